The number of rotatable bonds is 9. The molecule has 1 aromatic carbocycles. The maximum absolute atomic E-state index is 5.60. The minimum Gasteiger partial charge on any atom is -0.495 e. The van der Waals surface area contributed by atoms with E-state index in [-0.39, 0.29) is 0 Å². The first-order chi connectivity index (χ1) is 15.6. The molecule has 0 amide bonds. The minimum absolute atomic E-state index is 0.460. The summed E-state index contributed by atoms with van der Waals surface area (Å²) in [6.45, 7) is 7.59. The van der Waals surface area contributed by atoms with Gasteiger partial charge >= 0.3 is 5.95 Å². The zero-order chi connectivity index (χ0) is 24.2. The molecule has 1 saturated heterocycles. The maximum atomic E-state index is 5.60. The zero-order valence-corrected chi connectivity index (χ0v) is 21.9. The Bertz CT molecular complexity index is 923. The monoisotopic (exact) mass is 456 g/mol. The molecule has 0 saturated carbocycles. The third-order valence-electron chi connectivity index (χ3n) is 7.22. The van der Waals surface area contributed by atoms with Crippen LogP contribution in [0.5, 0.6) is 5.75 Å². The number of nitrogens with one attached hydrogen (secondary N) is 1. The normalized spacial score (nSPS) is 18.1. The molecule has 33 heavy (non-hydrogen) atoms. The Hall–Kier alpha value is -2.22. The van der Waals surface area contributed by atoms with Gasteiger partial charge in [0.25, 0.3) is 0 Å². The van der Waals surface area contributed by atoms with Crippen molar-refractivity contribution in [2.24, 2.45) is 5.92 Å². The fourth-order valence-corrected chi connectivity index (χ4v) is 4.86. The number of hydrogen-bond acceptors (Lipinski definition) is 5. The summed E-state index contributed by atoms with van der Waals surface area (Å²) in [7, 11) is 12.6. The average molecular weight is 457 g/mol. The van der Waals surface area contributed by atoms with Crippen LogP contribution in [-0.4, -0.2) is 78.0 Å². The van der Waals surface area contributed by atoms with Crippen LogP contribution in [0.15, 0.2) is 30.5 Å². The molecule has 7 heteroatoms. The van der Waals surface area contributed by atoms with Crippen molar-refractivity contribution in [1.82, 2.24) is 24.3 Å². The van der Waals surface area contributed by atoms with Crippen molar-refractivity contribution in [2.45, 2.75) is 39.2 Å². The number of quaternary nitrogens is 2. The van der Waals surface area contributed by atoms with E-state index in [2.05, 4.69) is 77.5 Å². The summed E-state index contributed by atoms with van der Waals surface area (Å²) in [4.78, 5) is 12.0. The van der Waals surface area contributed by atoms with Crippen molar-refractivity contribution in [2.75, 3.05) is 66.9 Å². The number of piperidine rings is 1. The Labute approximate surface area is 200 Å². The topological polar surface area (TPSA) is 50.3 Å². The van der Waals surface area contributed by atoms with Crippen LogP contribution in [0, 0.1) is 5.92 Å². The quantitative estimate of drug-likeness (QED) is 0.574. The molecular weight excluding hydrogens is 412 g/mol. The molecule has 2 aromatic rings. The van der Waals surface area contributed by atoms with Gasteiger partial charge in [0.1, 0.15) is 11.4 Å². The summed E-state index contributed by atoms with van der Waals surface area (Å²) < 4.78 is 6.80. The number of methoxy groups -OCH3 is 1. The van der Waals surface area contributed by atoms with Crippen LogP contribution >= 0.6 is 0 Å². The molecule has 1 fully saturated rings. The summed E-state index contributed by atoms with van der Waals surface area (Å²) >= 11 is 0. The molecule has 1 N–H and O–H groups in total. The lowest BCUT2D eigenvalue weighted by Gasteiger charge is -2.36. The average Bonchev–Trinajstić information content (AvgIpc) is 2.83. The highest BCUT2D eigenvalue weighted by atomic mass is 16.5. The fourth-order valence-electron chi connectivity index (χ4n) is 4.86. The Morgan fingerprint density at radius 1 is 1.18 bits per heavy atom. The number of anilines is 1. The summed E-state index contributed by atoms with van der Waals surface area (Å²) in [5, 5.41) is 3.72. The number of ether oxygens (including phenoxy) is 1. The van der Waals surface area contributed by atoms with E-state index < -0.39 is 0 Å². The second-order valence-corrected chi connectivity index (χ2v) is 10.4. The van der Waals surface area contributed by atoms with Gasteiger partial charge in [0.05, 0.1) is 47.5 Å². The second kappa shape index (κ2) is 10.4. The van der Waals surface area contributed by atoms with E-state index in [4.69, 9.17) is 14.7 Å². The van der Waals surface area contributed by atoms with E-state index in [1.807, 2.05) is 12.3 Å². The molecule has 1 aromatic heterocycles. The first kappa shape index (κ1) is 25.4. The molecule has 1 aliphatic rings. The third kappa shape index (κ3) is 5.65. The molecule has 0 aliphatic carbocycles. The molecule has 0 radical (unpaired) electrons. The van der Waals surface area contributed by atoms with E-state index in [1.165, 1.54) is 19.3 Å². The Morgan fingerprint density at radius 2 is 1.94 bits per heavy atom. The zero-order valence-electron chi connectivity index (χ0n) is 21.9. The molecule has 0 bridgehead atoms. The first-order valence-corrected chi connectivity index (χ1v) is 12.2. The van der Waals surface area contributed by atoms with Crippen molar-refractivity contribution >= 4 is 23.1 Å². The Balaban J connectivity index is 1.88. The summed E-state index contributed by atoms with van der Waals surface area (Å²) in [6, 6.07) is 9.00. The molecule has 2 heterocycles. The van der Waals surface area contributed by atoms with Crippen molar-refractivity contribution in [3.8, 4) is 5.75 Å². The van der Waals surface area contributed by atoms with Crippen LogP contribution in [0.25, 0.3) is 0 Å². The lowest BCUT2D eigenvalue weighted by Crippen LogP contribution is -2.50. The predicted octanol–water partition coefficient (Wildman–Crippen LogP) is 4.19. The summed E-state index contributed by atoms with van der Waals surface area (Å²) in [5.74, 6) is 3.29. The third-order valence-corrected chi connectivity index (χ3v) is 7.22. The largest absolute Gasteiger partial charge is 0.495 e. The van der Waals surface area contributed by atoms with Crippen LogP contribution in [0.4, 0.5) is 23.1 Å². The highest BCUT2D eigenvalue weighted by molar-refractivity contribution is 5.67. The van der Waals surface area contributed by atoms with Crippen molar-refractivity contribution < 1.29 is 4.74 Å². The number of nitrogens with zero attached hydrogens (tertiary/aromatic N) is 5. The smallest absolute Gasteiger partial charge is 0.338 e. The van der Waals surface area contributed by atoms with Gasteiger partial charge in [-0.3, -0.25) is 4.48 Å². The van der Waals surface area contributed by atoms with Gasteiger partial charge in [-0.25, -0.2) is 4.48 Å². The van der Waals surface area contributed by atoms with E-state index >= 15 is 0 Å². The Morgan fingerprint density at radius 3 is 2.58 bits per heavy atom. The van der Waals surface area contributed by atoms with Crippen molar-refractivity contribution in [3.05, 3.63) is 30.5 Å². The number of aromatic nitrogens is 2. The standard InChI is InChI=1S/C26H44N6O/c1-9-30(3)23-18-21(13-14-24(23)33-8)32(6,7)26-28-17-15-25(29-26)31(4,5)19-20(2)22-12-10-11-16-27-22/h13-15,17-18,20,22,27H,9-12,16,19H2,1-8H3/q+2. The van der Waals surface area contributed by atoms with Crippen molar-refractivity contribution in [3.63, 3.8) is 0 Å². The fraction of sp³-hybridized carbons (Fsp3) is 0.615. The molecular formula is C26H44N6O+2. The van der Waals surface area contributed by atoms with Gasteiger partial charge in [-0.1, -0.05) is 13.3 Å². The maximum Gasteiger partial charge on any atom is 0.338 e. The van der Waals surface area contributed by atoms with Crippen molar-refractivity contribution in [1.29, 1.82) is 0 Å². The van der Waals surface area contributed by atoms with E-state index in [1.54, 1.807) is 7.11 Å². The molecule has 2 unspecified atom stereocenters. The molecule has 182 valence electrons. The molecule has 2 atom stereocenters. The number of hydrogen-bond donors (Lipinski definition) is 1. The number of benzene rings is 1. The van der Waals surface area contributed by atoms with Gasteiger partial charge in [0.15, 0.2) is 0 Å². The van der Waals surface area contributed by atoms with Gasteiger partial charge in [-0.15, -0.1) is 4.98 Å². The minimum atomic E-state index is 0.460. The van der Waals surface area contributed by atoms with E-state index in [0.29, 0.717) is 16.4 Å². The van der Waals surface area contributed by atoms with Gasteiger partial charge in [0, 0.05) is 49.9 Å². The Kier molecular flexibility index (Phi) is 7.98. The lowest BCUT2D eigenvalue weighted by atomic mass is 9.92. The van der Waals surface area contributed by atoms with Crippen LogP contribution in [0.1, 0.15) is 33.1 Å². The van der Waals surface area contributed by atoms with Crippen LogP contribution in [0.3, 0.4) is 0 Å². The summed E-state index contributed by atoms with van der Waals surface area (Å²) in [5.41, 5.74) is 2.19. The van der Waals surface area contributed by atoms with Gasteiger partial charge in [0.2, 0.25) is 5.82 Å². The van der Waals surface area contributed by atoms with Gasteiger partial charge in [-0.05, 0) is 32.4 Å². The molecule has 3 rings (SSSR count). The van der Waals surface area contributed by atoms with Crippen LogP contribution in [-0.2, 0) is 0 Å². The summed E-state index contributed by atoms with van der Waals surface area (Å²) in [6.07, 6.45) is 5.80. The SMILES string of the molecule is CCN(C)c1cc([N+](C)(C)c2nccc([N+](C)(C)CC(C)C3CCCCN3)n2)ccc1OC. The first-order valence-electron chi connectivity index (χ1n) is 12.2. The van der Waals surface area contributed by atoms with Gasteiger partial charge < -0.3 is 15.0 Å². The van der Waals surface area contributed by atoms with Gasteiger partial charge in [-0.2, -0.15) is 4.98 Å². The second-order valence-electron chi connectivity index (χ2n) is 10.4. The molecule has 7 nitrogen and oxygen atoms in total. The van der Waals surface area contributed by atoms with Crippen LogP contribution < -0.4 is 23.9 Å². The van der Waals surface area contributed by atoms with E-state index in [9.17, 15) is 0 Å². The van der Waals surface area contributed by atoms with Crippen LogP contribution in [0.2, 0.25) is 0 Å². The molecule has 0 spiro atoms. The highest BCUT2D eigenvalue weighted by Gasteiger charge is 2.33. The molecule has 1 aliphatic heterocycles. The van der Waals surface area contributed by atoms with E-state index in [0.717, 1.165) is 53.0 Å². The predicted molar refractivity (Wildman–Crippen MR) is 141 cm³/mol. The highest BCUT2D eigenvalue weighted by Crippen LogP contribution is 2.37. The lowest BCUT2D eigenvalue weighted by molar-refractivity contribution is 0.245.